The summed E-state index contributed by atoms with van der Waals surface area (Å²) in [7, 11) is 0. The van der Waals surface area contributed by atoms with Crippen LogP contribution in [0.25, 0.3) is 0 Å². The van der Waals surface area contributed by atoms with E-state index in [1.165, 1.54) is 12.4 Å². The average Bonchev–Trinajstić information content (AvgIpc) is 2.41. The molecule has 0 unspecified atom stereocenters. The van der Waals surface area contributed by atoms with Gasteiger partial charge in [0.2, 0.25) is 0 Å². The zero-order valence-electron chi connectivity index (χ0n) is 8.48. The fraction of sp³-hybridized carbons (Fsp3) is 0. The van der Waals surface area contributed by atoms with Gasteiger partial charge in [0.15, 0.2) is 12.6 Å². The zero-order chi connectivity index (χ0) is 11.6. The molecule has 2 heterocycles. The summed E-state index contributed by atoms with van der Waals surface area (Å²) in [5.41, 5.74) is 1.24. The molecule has 2 aromatic rings. The molecule has 0 spiro atoms. The van der Waals surface area contributed by atoms with Crippen LogP contribution < -0.4 is 0 Å². The van der Waals surface area contributed by atoms with E-state index in [0.29, 0.717) is 11.1 Å². The lowest BCUT2D eigenvalue weighted by atomic mass is 10.3. The lowest BCUT2D eigenvalue weighted by molar-refractivity contribution is 0.111. The van der Waals surface area contributed by atoms with Gasteiger partial charge >= 0.3 is 0 Å². The maximum atomic E-state index is 9.97. The molecule has 0 fully saturated rings. The van der Waals surface area contributed by atoms with Crippen LogP contribution in [0.3, 0.4) is 0 Å². The van der Waals surface area contributed by atoms with Crippen molar-refractivity contribution in [1.82, 2.24) is 9.97 Å². The number of aromatic nitrogens is 2. The molecule has 0 bridgehead atoms. The summed E-state index contributed by atoms with van der Waals surface area (Å²) in [5.74, 6) is 0. The van der Waals surface area contributed by atoms with Crippen LogP contribution in [0, 0.1) is 0 Å². The van der Waals surface area contributed by atoms with Crippen LogP contribution in [-0.2, 0) is 0 Å². The minimum Gasteiger partial charge on any atom is -0.298 e. The van der Waals surface area contributed by atoms with Gasteiger partial charge in [-0.15, -0.1) is 0 Å². The van der Waals surface area contributed by atoms with Crippen LogP contribution in [-0.4, -0.2) is 22.5 Å². The number of aldehydes is 2. The molecule has 0 aromatic carbocycles. The molecule has 2 rings (SSSR count). The molecule has 4 nitrogen and oxygen atoms in total. The Kier molecular flexibility index (Phi) is 5.13. The molecular formula is C12H10N2O2. The molecule has 0 N–H and O–H groups in total. The molecular weight excluding hydrogens is 204 g/mol. The van der Waals surface area contributed by atoms with Crippen LogP contribution in [0.15, 0.2) is 49.1 Å². The van der Waals surface area contributed by atoms with E-state index >= 15 is 0 Å². The van der Waals surface area contributed by atoms with Crippen LogP contribution in [0.2, 0.25) is 0 Å². The molecule has 0 radical (unpaired) electrons. The largest absolute Gasteiger partial charge is 0.298 e. The first-order valence-electron chi connectivity index (χ1n) is 4.57. The SMILES string of the molecule is O=Cc1cccnc1.O=Cc1cccnc1. The molecule has 16 heavy (non-hydrogen) atoms. The second-order valence-electron chi connectivity index (χ2n) is 2.81. The minimum absolute atomic E-state index is 0.618. The van der Waals surface area contributed by atoms with Crippen molar-refractivity contribution in [3.05, 3.63) is 60.2 Å². The Labute approximate surface area is 93.0 Å². The standard InChI is InChI=1S/2C6H5NO/c2*8-5-6-2-1-3-7-4-6/h2*1-5H. The Bertz CT molecular complexity index is 386. The Morgan fingerprint density at radius 3 is 1.44 bits per heavy atom. The fourth-order valence-electron chi connectivity index (χ4n) is 0.891. The van der Waals surface area contributed by atoms with Crippen LogP contribution in [0.5, 0.6) is 0 Å². The number of rotatable bonds is 2. The maximum Gasteiger partial charge on any atom is 0.151 e. The van der Waals surface area contributed by atoms with Gasteiger partial charge in [-0.1, -0.05) is 0 Å². The van der Waals surface area contributed by atoms with E-state index in [9.17, 15) is 9.59 Å². The predicted octanol–water partition coefficient (Wildman–Crippen LogP) is 1.79. The van der Waals surface area contributed by atoms with Crippen molar-refractivity contribution in [2.24, 2.45) is 0 Å². The number of nitrogens with zero attached hydrogens (tertiary/aromatic N) is 2. The van der Waals surface area contributed by atoms with E-state index in [1.54, 1.807) is 36.7 Å². The first kappa shape index (κ1) is 11.7. The number of carbonyl (C=O) groups is 2. The van der Waals surface area contributed by atoms with E-state index in [-0.39, 0.29) is 0 Å². The van der Waals surface area contributed by atoms with Gasteiger partial charge in [-0.25, -0.2) is 0 Å². The normalized spacial score (nSPS) is 8.50. The molecule has 4 heteroatoms. The summed E-state index contributed by atoms with van der Waals surface area (Å²) in [4.78, 5) is 27.4. The second-order valence-corrected chi connectivity index (χ2v) is 2.81. The van der Waals surface area contributed by atoms with Gasteiger partial charge in [-0.3, -0.25) is 19.6 Å². The molecule has 0 saturated carbocycles. The van der Waals surface area contributed by atoms with Crippen molar-refractivity contribution in [2.75, 3.05) is 0 Å². The molecule has 0 aliphatic rings. The van der Waals surface area contributed by atoms with Crippen molar-refractivity contribution >= 4 is 12.6 Å². The van der Waals surface area contributed by atoms with E-state index in [1.807, 2.05) is 0 Å². The predicted molar refractivity (Wildman–Crippen MR) is 59.2 cm³/mol. The van der Waals surface area contributed by atoms with Gasteiger partial charge < -0.3 is 0 Å². The Morgan fingerprint density at radius 1 is 0.812 bits per heavy atom. The van der Waals surface area contributed by atoms with Crippen molar-refractivity contribution in [3.8, 4) is 0 Å². The highest BCUT2D eigenvalue weighted by molar-refractivity contribution is 5.74. The smallest absolute Gasteiger partial charge is 0.151 e. The molecule has 80 valence electrons. The minimum atomic E-state index is 0.618. The van der Waals surface area contributed by atoms with E-state index in [0.717, 1.165) is 12.6 Å². The molecule has 0 atom stereocenters. The van der Waals surface area contributed by atoms with Gasteiger partial charge in [0.05, 0.1) is 0 Å². The monoisotopic (exact) mass is 214 g/mol. The van der Waals surface area contributed by atoms with E-state index in [4.69, 9.17) is 0 Å². The Balaban J connectivity index is 0.000000160. The van der Waals surface area contributed by atoms with Gasteiger partial charge in [-0.05, 0) is 24.3 Å². The topological polar surface area (TPSA) is 59.9 Å². The molecule has 0 saturated heterocycles. The third-order valence-electron chi connectivity index (χ3n) is 1.64. The second kappa shape index (κ2) is 7.00. The summed E-state index contributed by atoms with van der Waals surface area (Å²) < 4.78 is 0. The van der Waals surface area contributed by atoms with Gasteiger partial charge in [0.25, 0.3) is 0 Å². The van der Waals surface area contributed by atoms with Crippen molar-refractivity contribution < 1.29 is 9.59 Å². The third kappa shape index (κ3) is 4.23. The first-order chi connectivity index (χ1) is 7.86. The Morgan fingerprint density at radius 2 is 1.25 bits per heavy atom. The van der Waals surface area contributed by atoms with Crippen molar-refractivity contribution in [2.45, 2.75) is 0 Å². The van der Waals surface area contributed by atoms with Crippen molar-refractivity contribution in [3.63, 3.8) is 0 Å². The van der Waals surface area contributed by atoms with E-state index in [2.05, 4.69) is 9.97 Å². The lowest BCUT2D eigenvalue weighted by Crippen LogP contribution is -1.77. The summed E-state index contributed by atoms with van der Waals surface area (Å²) in [5, 5.41) is 0. The Hall–Kier alpha value is -2.36. The highest BCUT2D eigenvalue weighted by Gasteiger charge is 1.81. The van der Waals surface area contributed by atoms with Crippen LogP contribution in [0.1, 0.15) is 20.7 Å². The molecule has 0 aliphatic carbocycles. The van der Waals surface area contributed by atoms with Crippen LogP contribution in [0.4, 0.5) is 0 Å². The summed E-state index contributed by atoms with van der Waals surface area (Å²) in [6, 6.07) is 6.87. The lowest BCUT2D eigenvalue weighted by Gasteiger charge is -1.81. The van der Waals surface area contributed by atoms with Gasteiger partial charge in [0.1, 0.15) is 0 Å². The highest BCUT2D eigenvalue weighted by atomic mass is 16.1. The zero-order valence-corrected chi connectivity index (χ0v) is 8.48. The number of hydrogen-bond donors (Lipinski definition) is 0. The van der Waals surface area contributed by atoms with Crippen molar-refractivity contribution in [1.29, 1.82) is 0 Å². The highest BCUT2D eigenvalue weighted by Crippen LogP contribution is 1.88. The summed E-state index contributed by atoms with van der Waals surface area (Å²) >= 11 is 0. The molecule has 0 amide bonds. The van der Waals surface area contributed by atoms with Gasteiger partial charge in [0, 0.05) is 35.9 Å². The number of carbonyl (C=O) groups excluding carboxylic acids is 2. The molecule has 2 aromatic heterocycles. The first-order valence-corrected chi connectivity index (χ1v) is 4.57. The average molecular weight is 214 g/mol. The number of pyridine rings is 2. The van der Waals surface area contributed by atoms with Crippen LogP contribution >= 0.6 is 0 Å². The molecule has 0 aliphatic heterocycles. The quantitative estimate of drug-likeness (QED) is 0.715. The summed E-state index contributed by atoms with van der Waals surface area (Å²) in [6.07, 6.45) is 7.85. The van der Waals surface area contributed by atoms with E-state index < -0.39 is 0 Å². The number of hydrogen-bond acceptors (Lipinski definition) is 4. The summed E-state index contributed by atoms with van der Waals surface area (Å²) in [6.45, 7) is 0. The third-order valence-corrected chi connectivity index (χ3v) is 1.64. The van der Waals surface area contributed by atoms with Gasteiger partial charge in [-0.2, -0.15) is 0 Å². The maximum absolute atomic E-state index is 9.97. The fourth-order valence-corrected chi connectivity index (χ4v) is 0.891.